The third-order valence-corrected chi connectivity index (χ3v) is 5.08. The van der Waals surface area contributed by atoms with E-state index in [0.717, 1.165) is 31.4 Å². The summed E-state index contributed by atoms with van der Waals surface area (Å²) >= 11 is 0. The molecule has 1 saturated heterocycles. The minimum absolute atomic E-state index is 0.0533. The predicted octanol–water partition coefficient (Wildman–Crippen LogP) is 3.11. The van der Waals surface area contributed by atoms with Gasteiger partial charge in [-0.3, -0.25) is 4.79 Å². The van der Waals surface area contributed by atoms with Gasteiger partial charge in [0.05, 0.1) is 5.56 Å². The molecule has 1 unspecified atom stereocenters. The van der Waals surface area contributed by atoms with Crippen LogP contribution < -0.4 is 0 Å². The summed E-state index contributed by atoms with van der Waals surface area (Å²) in [6, 6.07) is 7.45. The van der Waals surface area contributed by atoms with Gasteiger partial charge in [0, 0.05) is 18.5 Å². The first-order chi connectivity index (χ1) is 10.7. The molecule has 118 valence electrons. The van der Waals surface area contributed by atoms with Gasteiger partial charge in [0.1, 0.15) is 0 Å². The molecule has 0 aromatic heterocycles. The van der Waals surface area contributed by atoms with E-state index < -0.39 is 5.97 Å². The highest BCUT2D eigenvalue weighted by Gasteiger charge is 2.36. The maximum Gasteiger partial charge on any atom is 0.335 e. The van der Waals surface area contributed by atoms with Crippen LogP contribution in [0.5, 0.6) is 0 Å². The zero-order valence-electron chi connectivity index (χ0n) is 12.8. The van der Waals surface area contributed by atoms with Gasteiger partial charge in [0.25, 0.3) is 0 Å². The fraction of sp³-hybridized carbons (Fsp3) is 0.556. The van der Waals surface area contributed by atoms with Gasteiger partial charge in [0.15, 0.2) is 0 Å². The molecular weight excluding hydrogens is 278 g/mol. The summed E-state index contributed by atoms with van der Waals surface area (Å²) in [5, 5.41) is 9.27. The van der Waals surface area contributed by atoms with Crippen LogP contribution in [-0.2, 0) is 11.2 Å². The number of aromatic carboxylic acids is 1. The molecule has 0 spiro atoms. The quantitative estimate of drug-likeness (QED) is 0.929. The van der Waals surface area contributed by atoms with Crippen LogP contribution in [0.4, 0.5) is 0 Å². The van der Waals surface area contributed by atoms with E-state index in [0.29, 0.717) is 18.0 Å². The Balaban J connectivity index is 1.69. The standard InChI is InChI=1S/C18H23NO3/c20-17-14(10-11-19(17)15-7-2-1-3-8-15)12-13-6-4-5-9-16(13)18(21)22/h4-6,9,14-15H,1-3,7-8,10-12H2,(H,21,22). The topological polar surface area (TPSA) is 57.6 Å². The number of hydrogen-bond donors (Lipinski definition) is 1. The van der Waals surface area contributed by atoms with Gasteiger partial charge >= 0.3 is 5.97 Å². The molecule has 2 fully saturated rings. The van der Waals surface area contributed by atoms with Crippen molar-refractivity contribution in [2.45, 2.75) is 51.0 Å². The number of likely N-dealkylation sites (tertiary alicyclic amines) is 1. The van der Waals surface area contributed by atoms with Crippen molar-refractivity contribution in [3.05, 3.63) is 35.4 Å². The van der Waals surface area contributed by atoms with Crippen LogP contribution in [0.2, 0.25) is 0 Å². The molecule has 22 heavy (non-hydrogen) atoms. The third-order valence-electron chi connectivity index (χ3n) is 5.08. The van der Waals surface area contributed by atoms with E-state index in [-0.39, 0.29) is 11.8 Å². The number of hydrogen-bond acceptors (Lipinski definition) is 2. The molecule has 1 amide bonds. The summed E-state index contributed by atoms with van der Waals surface area (Å²) in [6.07, 6.45) is 7.39. The second-order valence-corrected chi connectivity index (χ2v) is 6.48. The highest BCUT2D eigenvalue weighted by atomic mass is 16.4. The van der Waals surface area contributed by atoms with Crippen molar-refractivity contribution in [1.82, 2.24) is 4.90 Å². The zero-order valence-corrected chi connectivity index (χ0v) is 12.8. The molecule has 1 atom stereocenters. The van der Waals surface area contributed by atoms with E-state index in [4.69, 9.17) is 0 Å². The summed E-state index contributed by atoms with van der Waals surface area (Å²) in [6.45, 7) is 0.837. The van der Waals surface area contributed by atoms with Gasteiger partial charge in [-0.25, -0.2) is 4.79 Å². The Bertz CT molecular complexity index is 563. The zero-order chi connectivity index (χ0) is 15.5. The maximum absolute atomic E-state index is 12.7. The molecule has 1 aliphatic carbocycles. The molecule has 1 aliphatic heterocycles. The lowest BCUT2D eigenvalue weighted by Crippen LogP contribution is -2.39. The second kappa shape index (κ2) is 6.51. The van der Waals surface area contributed by atoms with Crippen molar-refractivity contribution in [3.8, 4) is 0 Å². The molecule has 3 rings (SSSR count). The summed E-state index contributed by atoms with van der Waals surface area (Å²) in [5.74, 6) is -0.736. The SMILES string of the molecule is O=C(O)c1ccccc1CC1CCN(C2CCCCC2)C1=O. The monoisotopic (exact) mass is 301 g/mol. The van der Waals surface area contributed by atoms with Crippen molar-refractivity contribution >= 4 is 11.9 Å². The molecule has 0 bridgehead atoms. The number of amides is 1. The number of carboxylic acid groups (broad SMARTS) is 1. The summed E-state index contributed by atoms with van der Waals surface area (Å²) in [7, 11) is 0. The fourth-order valence-electron chi connectivity index (χ4n) is 3.88. The molecule has 2 aliphatic rings. The first-order valence-corrected chi connectivity index (χ1v) is 8.28. The van der Waals surface area contributed by atoms with E-state index in [1.807, 2.05) is 12.1 Å². The van der Waals surface area contributed by atoms with Crippen molar-refractivity contribution in [3.63, 3.8) is 0 Å². The number of carboxylic acids is 1. The Labute approximate surface area is 131 Å². The summed E-state index contributed by atoms with van der Waals surface area (Å²) < 4.78 is 0. The van der Waals surface area contributed by atoms with Crippen molar-refractivity contribution in [1.29, 1.82) is 0 Å². The van der Waals surface area contributed by atoms with E-state index in [1.54, 1.807) is 12.1 Å². The fourth-order valence-corrected chi connectivity index (χ4v) is 3.88. The lowest BCUT2D eigenvalue weighted by atomic mass is 9.93. The normalized spacial score (nSPS) is 23.0. The first kappa shape index (κ1) is 15.1. The number of rotatable bonds is 4. The van der Waals surface area contributed by atoms with E-state index >= 15 is 0 Å². The molecule has 0 radical (unpaired) electrons. The summed E-state index contributed by atoms with van der Waals surface area (Å²) in [4.78, 5) is 26.0. The minimum Gasteiger partial charge on any atom is -0.478 e. The molecule has 1 N–H and O–H groups in total. The van der Waals surface area contributed by atoms with Gasteiger partial charge < -0.3 is 10.0 Å². The van der Waals surface area contributed by atoms with Crippen LogP contribution in [0.25, 0.3) is 0 Å². The summed E-state index contributed by atoms with van der Waals surface area (Å²) in [5.41, 5.74) is 1.10. The smallest absolute Gasteiger partial charge is 0.335 e. The Kier molecular flexibility index (Phi) is 4.46. The average molecular weight is 301 g/mol. The number of benzene rings is 1. The third kappa shape index (κ3) is 3.01. The van der Waals surface area contributed by atoms with Crippen LogP contribution in [0, 0.1) is 5.92 Å². The molecule has 1 saturated carbocycles. The van der Waals surface area contributed by atoms with Crippen molar-refractivity contribution < 1.29 is 14.7 Å². The molecule has 1 aromatic rings. The number of nitrogens with zero attached hydrogens (tertiary/aromatic N) is 1. The van der Waals surface area contributed by atoms with E-state index in [1.165, 1.54) is 19.3 Å². The lowest BCUT2D eigenvalue weighted by Gasteiger charge is -2.31. The molecule has 1 heterocycles. The van der Waals surface area contributed by atoms with Gasteiger partial charge in [-0.1, -0.05) is 37.5 Å². The van der Waals surface area contributed by atoms with Gasteiger partial charge in [-0.05, 0) is 37.3 Å². The highest BCUT2D eigenvalue weighted by molar-refractivity contribution is 5.90. The van der Waals surface area contributed by atoms with Gasteiger partial charge in [0.2, 0.25) is 5.91 Å². The average Bonchev–Trinajstić information content (AvgIpc) is 2.89. The lowest BCUT2D eigenvalue weighted by molar-refractivity contribution is -0.133. The van der Waals surface area contributed by atoms with Crippen molar-refractivity contribution in [2.75, 3.05) is 6.54 Å². The van der Waals surface area contributed by atoms with Gasteiger partial charge in [-0.15, -0.1) is 0 Å². The first-order valence-electron chi connectivity index (χ1n) is 8.28. The Morgan fingerprint density at radius 3 is 2.59 bits per heavy atom. The predicted molar refractivity (Wildman–Crippen MR) is 83.8 cm³/mol. The van der Waals surface area contributed by atoms with Crippen LogP contribution in [0.1, 0.15) is 54.4 Å². The Morgan fingerprint density at radius 1 is 1.14 bits per heavy atom. The minimum atomic E-state index is -0.912. The van der Waals surface area contributed by atoms with Crippen LogP contribution in [0.3, 0.4) is 0 Å². The number of carbonyl (C=O) groups is 2. The van der Waals surface area contributed by atoms with Crippen molar-refractivity contribution in [2.24, 2.45) is 5.92 Å². The molecule has 4 nitrogen and oxygen atoms in total. The van der Waals surface area contributed by atoms with Gasteiger partial charge in [-0.2, -0.15) is 0 Å². The largest absolute Gasteiger partial charge is 0.478 e. The van der Waals surface area contributed by atoms with E-state index in [2.05, 4.69) is 4.90 Å². The maximum atomic E-state index is 12.7. The second-order valence-electron chi connectivity index (χ2n) is 6.48. The molecule has 1 aromatic carbocycles. The Morgan fingerprint density at radius 2 is 1.86 bits per heavy atom. The van der Waals surface area contributed by atoms with Crippen LogP contribution in [-0.4, -0.2) is 34.5 Å². The highest BCUT2D eigenvalue weighted by Crippen LogP contribution is 2.30. The number of carbonyl (C=O) groups excluding carboxylic acids is 1. The molecular formula is C18H23NO3. The van der Waals surface area contributed by atoms with E-state index in [9.17, 15) is 14.7 Å². The molecule has 4 heteroatoms. The van der Waals surface area contributed by atoms with Crippen LogP contribution >= 0.6 is 0 Å². The Hall–Kier alpha value is -1.84. The van der Waals surface area contributed by atoms with Crippen LogP contribution in [0.15, 0.2) is 24.3 Å².